The number of aromatic nitrogens is 4. The summed E-state index contributed by atoms with van der Waals surface area (Å²) in [4.78, 5) is 14.1. The molecule has 1 atom stereocenters. The normalized spacial score (nSPS) is 19.2. The van der Waals surface area contributed by atoms with Crippen LogP contribution in [0.25, 0.3) is 21.3 Å². The van der Waals surface area contributed by atoms with E-state index < -0.39 is 0 Å². The zero-order valence-electron chi connectivity index (χ0n) is 17.9. The molecule has 2 aromatic heterocycles. The molecule has 9 heteroatoms. The van der Waals surface area contributed by atoms with Gasteiger partial charge in [-0.15, -0.1) is 5.10 Å². The molecule has 0 saturated carbocycles. The van der Waals surface area contributed by atoms with Gasteiger partial charge in [0.25, 0.3) is 0 Å². The number of hydrogen-bond acceptors (Lipinski definition) is 8. The minimum Gasteiger partial charge on any atom is -0.342 e. The highest BCUT2D eigenvalue weighted by Crippen LogP contribution is 2.34. The second-order valence-electron chi connectivity index (χ2n) is 8.28. The predicted octanol–water partition coefficient (Wildman–Crippen LogP) is 4.35. The number of nitriles is 1. The van der Waals surface area contributed by atoms with Crippen LogP contribution in [-0.2, 0) is 0 Å². The largest absolute Gasteiger partial charge is 0.342 e. The average molecular weight is 455 g/mol. The molecule has 0 aliphatic carbocycles. The number of rotatable bonds is 3. The van der Waals surface area contributed by atoms with E-state index in [1.54, 1.807) is 11.3 Å². The molecular formula is C24H22N8S. The first-order chi connectivity index (χ1) is 16.3. The SMILES string of the molecule is N#CCC1C=CN=C(N2CCC(n3nnc4ccccc43)CC2)N1c1nc2ccccc2s1. The van der Waals surface area contributed by atoms with Crippen LogP contribution < -0.4 is 4.90 Å². The number of piperidine rings is 1. The van der Waals surface area contributed by atoms with E-state index in [0.29, 0.717) is 12.5 Å². The van der Waals surface area contributed by atoms with Gasteiger partial charge in [-0.1, -0.05) is 40.8 Å². The molecule has 0 amide bonds. The first-order valence-corrected chi connectivity index (χ1v) is 11.9. The fourth-order valence-corrected chi connectivity index (χ4v) is 5.67. The number of guanidine groups is 1. The van der Waals surface area contributed by atoms with Crippen LogP contribution in [0.4, 0.5) is 5.13 Å². The minimum atomic E-state index is -0.0833. The summed E-state index contributed by atoms with van der Waals surface area (Å²) in [6, 6.07) is 18.8. The van der Waals surface area contributed by atoms with E-state index in [2.05, 4.69) is 43.0 Å². The molecule has 4 aromatic rings. The van der Waals surface area contributed by atoms with Crippen molar-refractivity contribution < 1.29 is 0 Å². The number of hydrogen-bond donors (Lipinski definition) is 0. The van der Waals surface area contributed by atoms with Gasteiger partial charge in [-0.3, -0.25) is 4.90 Å². The molecule has 1 saturated heterocycles. The van der Waals surface area contributed by atoms with Gasteiger partial charge >= 0.3 is 0 Å². The number of aliphatic imine (C=N–C) groups is 1. The maximum atomic E-state index is 9.45. The lowest BCUT2D eigenvalue weighted by Gasteiger charge is -2.40. The van der Waals surface area contributed by atoms with Crippen LogP contribution in [0.3, 0.4) is 0 Å². The summed E-state index contributed by atoms with van der Waals surface area (Å²) in [7, 11) is 0. The van der Waals surface area contributed by atoms with Crippen molar-refractivity contribution in [3.8, 4) is 6.07 Å². The van der Waals surface area contributed by atoms with Crippen LogP contribution in [0.2, 0.25) is 0 Å². The lowest BCUT2D eigenvalue weighted by molar-refractivity contribution is 0.252. The molecule has 2 aliphatic rings. The van der Waals surface area contributed by atoms with E-state index in [-0.39, 0.29) is 6.04 Å². The highest BCUT2D eigenvalue weighted by Gasteiger charge is 2.33. The van der Waals surface area contributed by atoms with Crippen LogP contribution >= 0.6 is 11.3 Å². The third-order valence-electron chi connectivity index (χ3n) is 6.31. The Labute approximate surface area is 195 Å². The van der Waals surface area contributed by atoms with Crippen molar-refractivity contribution in [1.82, 2.24) is 24.9 Å². The van der Waals surface area contributed by atoms with E-state index in [4.69, 9.17) is 9.98 Å². The van der Waals surface area contributed by atoms with Crippen molar-refractivity contribution in [3.05, 3.63) is 60.8 Å². The Kier molecular flexibility index (Phi) is 5.00. The highest BCUT2D eigenvalue weighted by atomic mass is 32.1. The van der Waals surface area contributed by atoms with E-state index in [0.717, 1.165) is 58.3 Å². The summed E-state index contributed by atoms with van der Waals surface area (Å²) >= 11 is 1.64. The number of fused-ring (bicyclic) bond motifs is 2. The minimum absolute atomic E-state index is 0.0833. The summed E-state index contributed by atoms with van der Waals surface area (Å²) in [6.07, 6.45) is 6.11. The van der Waals surface area contributed by atoms with E-state index in [9.17, 15) is 5.26 Å². The first-order valence-electron chi connectivity index (χ1n) is 11.1. The van der Waals surface area contributed by atoms with Crippen molar-refractivity contribution in [2.45, 2.75) is 31.3 Å². The number of likely N-dealkylation sites (tertiary alicyclic amines) is 1. The smallest absolute Gasteiger partial charge is 0.208 e. The Morgan fingerprint density at radius 2 is 1.82 bits per heavy atom. The third-order valence-corrected chi connectivity index (χ3v) is 7.34. The standard InChI is InChI=1S/C24H22N8S/c25-13-9-17-10-14-26-23(31(17)24-27-20-6-2-4-8-22(20)33-24)30-15-11-18(12-16-30)32-21-7-3-1-5-19(21)28-29-32/h1-8,10,14,17-18H,9,11-12,15-16H2. The van der Waals surface area contributed by atoms with Crippen LogP contribution in [0.5, 0.6) is 0 Å². The van der Waals surface area contributed by atoms with Gasteiger partial charge < -0.3 is 4.90 Å². The van der Waals surface area contributed by atoms with Crippen molar-refractivity contribution in [2.75, 3.05) is 18.0 Å². The predicted molar refractivity (Wildman–Crippen MR) is 130 cm³/mol. The van der Waals surface area contributed by atoms with Gasteiger partial charge in [0.1, 0.15) is 5.52 Å². The highest BCUT2D eigenvalue weighted by molar-refractivity contribution is 7.22. The van der Waals surface area contributed by atoms with E-state index in [1.165, 1.54) is 0 Å². The van der Waals surface area contributed by atoms with Crippen LogP contribution in [0.15, 0.2) is 65.8 Å². The number of para-hydroxylation sites is 2. The molecule has 33 heavy (non-hydrogen) atoms. The molecule has 4 heterocycles. The number of anilines is 1. The molecule has 0 bridgehead atoms. The average Bonchev–Trinajstić information content (AvgIpc) is 3.49. The molecule has 8 nitrogen and oxygen atoms in total. The van der Waals surface area contributed by atoms with Crippen LogP contribution in [-0.4, -0.2) is 50.0 Å². The summed E-state index contributed by atoms with van der Waals surface area (Å²) in [5.74, 6) is 0.874. The lowest BCUT2D eigenvalue weighted by atomic mass is 10.0. The number of nitrogens with zero attached hydrogens (tertiary/aromatic N) is 8. The number of benzene rings is 2. The number of thiazole rings is 1. The fourth-order valence-electron chi connectivity index (χ4n) is 4.65. The van der Waals surface area contributed by atoms with Gasteiger partial charge in [-0.25, -0.2) is 14.7 Å². The van der Waals surface area contributed by atoms with Crippen LogP contribution in [0, 0.1) is 11.3 Å². The molecule has 0 spiro atoms. The molecule has 1 fully saturated rings. The quantitative estimate of drug-likeness (QED) is 0.457. The van der Waals surface area contributed by atoms with Gasteiger partial charge in [-0.05, 0) is 43.2 Å². The lowest BCUT2D eigenvalue weighted by Crippen LogP contribution is -2.52. The molecule has 1 unspecified atom stereocenters. The molecule has 2 aromatic carbocycles. The Morgan fingerprint density at radius 1 is 1.03 bits per heavy atom. The third kappa shape index (κ3) is 3.52. The van der Waals surface area contributed by atoms with E-state index >= 15 is 0 Å². The second kappa shape index (κ2) is 8.30. The summed E-state index contributed by atoms with van der Waals surface area (Å²) in [5.41, 5.74) is 2.99. The van der Waals surface area contributed by atoms with Gasteiger partial charge in [0.15, 0.2) is 5.13 Å². The van der Waals surface area contributed by atoms with Gasteiger partial charge in [0.05, 0.1) is 40.3 Å². The molecular weight excluding hydrogens is 432 g/mol. The van der Waals surface area contributed by atoms with Gasteiger partial charge in [-0.2, -0.15) is 5.26 Å². The molecule has 2 aliphatic heterocycles. The second-order valence-corrected chi connectivity index (χ2v) is 9.28. The van der Waals surface area contributed by atoms with Crippen molar-refractivity contribution >= 4 is 43.7 Å². The van der Waals surface area contributed by atoms with Crippen molar-refractivity contribution in [3.63, 3.8) is 0 Å². The van der Waals surface area contributed by atoms with Crippen molar-refractivity contribution in [2.24, 2.45) is 4.99 Å². The zero-order chi connectivity index (χ0) is 22.2. The molecule has 6 rings (SSSR count). The zero-order valence-corrected chi connectivity index (χ0v) is 18.8. The van der Waals surface area contributed by atoms with Crippen LogP contribution in [0.1, 0.15) is 25.3 Å². The van der Waals surface area contributed by atoms with E-state index in [1.807, 2.05) is 48.7 Å². The topological polar surface area (TPSA) is 86.2 Å². The molecule has 164 valence electrons. The Balaban J connectivity index is 1.27. The molecule has 0 radical (unpaired) electrons. The summed E-state index contributed by atoms with van der Waals surface area (Å²) < 4.78 is 3.20. The summed E-state index contributed by atoms with van der Waals surface area (Å²) in [5, 5.41) is 19.1. The Morgan fingerprint density at radius 3 is 2.64 bits per heavy atom. The van der Waals surface area contributed by atoms with Crippen molar-refractivity contribution in [1.29, 1.82) is 5.26 Å². The summed E-state index contributed by atoms with van der Waals surface area (Å²) in [6.45, 7) is 1.71. The Bertz CT molecular complexity index is 1370. The monoisotopic (exact) mass is 454 g/mol. The Hall–Kier alpha value is -3.77. The molecule has 0 N–H and O–H groups in total. The van der Waals surface area contributed by atoms with Gasteiger partial charge in [0, 0.05) is 19.3 Å². The fraction of sp³-hybridized carbons (Fsp3) is 0.292. The maximum Gasteiger partial charge on any atom is 0.208 e. The van der Waals surface area contributed by atoms with Gasteiger partial charge in [0.2, 0.25) is 5.96 Å². The first kappa shape index (κ1) is 19.9. The maximum absolute atomic E-state index is 9.45.